The fourth-order valence-electron chi connectivity index (χ4n) is 7.92. The van der Waals surface area contributed by atoms with Crippen molar-refractivity contribution in [3.05, 3.63) is 36.5 Å². The molecule has 1 N–H and O–H groups in total. The van der Waals surface area contributed by atoms with Crippen LogP contribution in [0.2, 0.25) is 0 Å². The molecule has 0 saturated heterocycles. The van der Waals surface area contributed by atoms with Crippen molar-refractivity contribution in [3.8, 4) is 0 Å². The number of hydrogen-bond donors (Lipinski definition) is 1. The number of hydrogen-bond acceptors (Lipinski definition) is 5. The van der Waals surface area contributed by atoms with Gasteiger partial charge in [0, 0.05) is 12.8 Å². The minimum Gasteiger partial charge on any atom is -0.462 e. The van der Waals surface area contributed by atoms with Gasteiger partial charge in [-0.25, -0.2) is 0 Å². The highest BCUT2D eigenvalue weighted by atomic mass is 16.6. The number of unbranched alkanes of at least 4 members (excludes halogenated alkanes) is 35. The summed E-state index contributed by atoms with van der Waals surface area (Å²) in [4.78, 5) is 24.5. The highest BCUT2D eigenvalue weighted by Gasteiger charge is 2.16. The predicted octanol–water partition coefficient (Wildman–Crippen LogP) is 17.5. The zero-order chi connectivity index (χ0) is 43.5. The van der Waals surface area contributed by atoms with Gasteiger partial charge in [-0.2, -0.15) is 0 Å². The van der Waals surface area contributed by atoms with Gasteiger partial charge in [-0.3, -0.25) is 9.59 Å². The molecule has 60 heavy (non-hydrogen) atoms. The van der Waals surface area contributed by atoms with Gasteiger partial charge in [0.15, 0.2) is 6.10 Å². The van der Waals surface area contributed by atoms with E-state index in [-0.39, 0.29) is 25.2 Å². The minimum absolute atomic E-state index is 0.0650. The largest absolute Gasteiger partial charge is 0.462 e. The van der Waals surface area contributed by atoms with Gasteiger partial charge in [-0.15, -0.1) is 0 Å². The number of ether oxygens (including phenoxy) is 2. The SMILES string of the molecule is CCCCCCC/C=C\C/C=C\C/C=C\CCCCCCCCCCC(=O)OC(CO)COC(=O)CCCCCCCCCCCCCCCCCCCCCCCCC. The molecular weight excluding hydrogens is 741 g/mol. The van der Waals surface area contributed by atoms with Crippen molar-refractivity contribution in [2.75, 3.05) is 13.2 Å². The van der Waals surface area contributed by atoms with Crippen molar-refractivity contribution in [1.29, 1.82) is 0 Å². The maximum atomic E-state index is 12.3. The Morgan fingerprint density at radius 1 is 0.383 bits per heavy atom. The summed E-state index contributed by atoms with van der Waals surface area (Å²) in [6, 6.07) is 0. The van der Waals surface area contributed by atoms with Crippen molar-refractivity contribution in [3.63, 3.8) is 0 Å². The lowest BCUT2D eigenvalue weighted by Gasteiger charge is -2.15. The Morgan fingerprint density at radius 2 is 0.667 bits per heavy atom. The van der Waals surface area contributed by atoms with E-state index >= 15 is 0 Å². The zero-order valence-corrected chi connectivity index (χ0v) is 40.2. The molecule has 0 spiro atoms. The van der Waals surface area contributed by atoms with E-state index in [0.29, 0.717) is 12.8 Å². The second-order valence-electron chi connectivity index (χ2n) is 18.0. The molecule has 0 aromatic carbocycles. The quantitative estimate of drug-likeness (QED) is 0.0375. The number of rotatable bonds is 49. The van der Waals surface area contributed by atoms with Gasteiger partial charge in [-0.05, 0) is 51.4 Å². The van der Waals surface area contributed by atoms with Crippen LogP contribution in [-0.2, 0) is 19.1 Å². The highest BCUT2D eigenvalue weighted by Crippen LogP contribution is 2.17. The molecule has 0 radical (unpaired) electrons. The molecule has 0 rings (SSSR count). The van der Waals surface area contributed by atoms with E-state index in [0.717, 1.165) is 51.4 Å². The topological polar surface area (TPSA) is 72.8 Å². The van der Waals surface area contributed by atoms with Gasteiger partial charge in [0.1, 0.15) is 6.61 Å². The Hall–Kier alpha value is -1.88. The minimum atomic E-state index is -0.774. The van der Waals surface area contributed by atoms with E-state index in [4.69, 9.17) is 9.47 Å². The normalized spacial score (nSPS) is 12.4. The standard InChI is InChI=1S/C55H102O5/c1-3-5-7-9-11-13-15-17-19-21-23-25-27-29-31-33-35-37-39-41-43-45-47-49-54(57)59-52-53(51-56)60-55(58)50-48-46-44-42-40-38-36-34-32-30-28-26-24-22-20-18-16-14-12-10-8-6-4-2/h16,18,22,24,28,30,53,56H,3-15,17,19-21,23,25-27,29,31-52H2,1-2H3/b18-16-,24-22-,30-28-. The first-order valence-corrected chi connectivity index (χ1v) is 26.5. The molecule has 352 valence electrons. The Bertz CT molecular complexity index is 955. The second-order valence-corrected chi connectivity index (χ2v) is 18.0. The predicted molar refractivity (Wildman–Crippen MR) is 261 cm³/mol. The summed E-state index contributed by atoms with van der Waals surface area (Å²) >= 11 is 0. The number of aliphatic hydroxyl groups is 1. The fourth-order valence-corrected chi connectivity index (χ4v) is 7.92. The van der Waals surface area contributed by atoms with Gasteiger partial charge in [0.25, 0.3) is 0 Å². The van der Waals surface area contributed by atoms with Crippen LogP contribution in [0, 0.1) is 0 Å². The lowest BCUT2D eigenvalue weighted by atomic mass is 10.0. The molecule has 0 amide bonds. The highest BCUT2D eigenvalue weighted by molar-refractivity contribution is 5.70. The first kappa shape index (κ1) is 58.1. The van der Waals surface area contributed by atoms with E-state index in [1.165, 1.54) is 205 Å². The molecule has 0 aliphatic carbocycles. The van der Waals surface area contributed by atoms with Crippen LogP contribution in [0.1, 0.15) is 284 Å². The molecule has 0 aliphatic rings. The average Bonchev–Trinajstić information content (AvgIpc) is 3.25. The average molecular weight is 843 g/mol. The third kappa shape index (κ3) is 48.8. The van der Waals surface area contributed by atoms with Crippen molar-refractivity contribution in [2.24, 2.45) is 0 Å². The third-order valence-corrected chi connectivity index (χ3v) is 11.9. The molecule has 0 aliphatic heterocycles. The van der Waals surface area contributed by atoms with Crippen LogP contribution in [0.15, 0.2) is 36.5 Å². The van der Waals surface area contributed by atoms with E-state index < -0.39 is 6.10 Å². The van der Waals surface area contributed by atoms with Crippen LogP contribution in [-0.4, -0.2) is 36.4 Å². The van der Waals surface area contributed by atoms with Crippen LogP contribution < -0.4 is 0 Å². The lowest BCUT2D eigenvalue weighted by Crippen LogP contribution is -2.28. The Morgan fingerprint density at radius 3 is 1.00 bits per heavy atom. The van der Waals surface area contributed by atoms with Crippen molar-refractivity contribution in [2.45, 2.75) is 290 Å². The molecule has 0 aromatic heterocycles. The number of allylic oxidation sites excluding steroid dienone is 6. The Labute approximate surface area is 374 Å². The third-order valence-electron chi connectivity index (χ3n) is 11.9. The van der Waals surface area contributed by atoms with Gasteiger partial charge in [0.05, 0.1) is 6.61 Å². The fraction of sp³-hybridized carbons (Fsp3) is 0.855. The van der Waals surface area contributed by atoms with Crippen molar-refractivity contribution >= 4 is 11.9 Å². The van der Waals surface area contributed by atoms with Crippen LogP contribution in [0.5, 0.6) is 0 Å². The summed E-state index contributed by atoms with van der Waals surface area (Å²) in [5.74, 6) is -0.585. The number of carbonyl (C=O) groups is 2. The number of aliphatic hydroxyl groups excluding tert-OH is 1. The van der Waals surface area contributed by atoms with E-state index in [1.807, 2.05) is 0 Å². The summed E-state index contributed by atoms with van der Waals surface area (Å²) in [7, 11) is 0. The molecule has 5 heteroatoms. The molecular formula is C55H102O5. The maximum absolute atomic E-state index is 12.3. The van der Waals surface area contributed by atoms with Crippen LogP contribution in [0.3, 0.4) is 0 Å². The summed E-state index contributed by atoms with van der Waals surface area (Å²) in [5.41, 5.74) is 0. The molecule has 5 nitrogen and oxygen atoms in total. The van der Waals surface area contributed by atoms with Crippen molar-refractivity contribution in [1.82, 2.24) is 0 Å². The number of carbonyl (C=O) groups excluding carboxylic acids is 2. The molecule has 0 bridgehead atoms. The first-order valence-electron chi connectivity index (χ1n) is 26.5. The maximum Gasteiger partial charge on any atom is 0.306 e. The molecule has 1 unspecified atom stereocenters. The summed E-state index contributed by atoms with van der Waals surface area (Å²) in [6.45, 7) is 4.16. The van der Waals surface area contributed by atoms with Gasteiger partial charge < -0.3 is 14.6 Å². The molecule has 0 aromatic rings. The van der Waals surface area contributed by atoms with E-state index in [1.54, 1.807) is 0 Å². The summed E-state index contributed by atoms with van der Waals surface area (Å²) in [6.07, 6.45) is 65.3. The van der Waals surface area contributed by atoms with Crippen LogP contribution in [0.25, 0.3) is 0 Å². The summed E-state index contributed by atoms with van der Waals surface area (Å²) in [5, 5.41) is 9.63. The van der Waals surface area contributed by atoms with Gasteiger partial charge in [-0.1, -0.05) is 256 Å². The van der Waals surface area contributed by atoms with Gasteiger partial charge >= 0.3 is 11.9 Å². The lowest BCUT2D eigenvalue weighted by molar-refractivity contribution is -0.161. The molecule has 0 heterocycles. The van der Waals surface area contributed by atoms with Gasteiger partial charge in [0.2, 0.25) is 0 Å². The van der Waals surface area contributed by atoms with Crippen molar-refractivity contribution < 1.29 is 24.2 Å². The van der Waals surface area contributed by atoms with E-state index in [2.05, 4.69) is 50.3 Å². The Balaban J connectivity index is 3.48. The molecule has 1 atom stereocenters. The zero-order valence-electron chi connectivity index (χ0n) is 40.2. The molecule has 0 fully saturated rings. The van der Waals surface area contributed by atoms with Crippen LogP contribution >= 0.6 is 0 Å². The monoisotopic (exact) mass is 843 g/mol. The number of esters is 2. The second kappa shape index (κ2) is 51.5. The first-order chi connectivity index (χ1) is 29.6. The van der Waals surface area contributed by atoms with E-state index in [9.17, 15) is 14.7 Å². The summed E-state index contributed by atoms with van der Waals surface area (Å²) < 4.78 is 10.7. The smallest absolute Gasteiger partial charge is 0.306 e. The molecule has 0 saturated carbocycles. The Kier molecular flexibility index (Phi) is 49.9. The van der Waals surface area contributed by atoms with Crippen LogP contribution in [0.4, 0.5) is 0 Å².